The maximum atomic E-state index is 13.0. The van der Waals surface area contributed by atoms with E-state index < -0.39 is 25.1 Å². The Morgan fingerprint density at radius 2 is 1.43 bits per heavy atom. The fraction of sp³-hybridized carbons (Fsp3) is 0.550. The van der Waals surface area contributed by atoms with Crippen molar-refractivity contribution >= 4 is 25.9 Å². The zero-order chi connectivity index (χ0) is 22.6. The van der Waals surface area contributed by atoms with Crippen LogP contribution in [0.1, 0.15) is 38.8 Å². The zero-order valence-electron chi connectivity index (χ0n) is 17.8. The van der Waals surface area contributed by atoms with Crippen LogP contribution in [0.3, 0.4) is 0 Å². The average Bonchev–Trinajstić information content (AvgIpc) is 2.69. The fourth-order valence-electron chi connectivity index (χ4n) is 2.91. The second-order valence-corrected chi connectivity index (χ2v) is 8.21. The van der Waals surface area contributed by atoms with E-state index in [2.05, 4.69) is 5.32 Å². The average molecular weight is 443 g/mol. The number of benzene rings is 1. The Kier molecular flexibility index (Phi) is 10.7. The van der Waals surface area contributed by atoms with Gasteiger partial charge in [-0.2, -0.15) is 0 Å². The minimum absolute atomic E-state index is 0.00601. The molecule has 0 radical (unpaired) electrons. The summed E-state index contributed by atoms with van der Waals surface area (Å²) in [4.78, 5) is 36.8. The minimum atomic E-state index is -3.44. The normalized spacial score (nSPS) is 11.6. The van der Waals surface area contributed by atoms with E-state index in [1.807, 2.05) is 0 Å². The van der Waals surface area contributed by atoms with Crippen LogP contribution in [0.5, 0.6) is 0 Å². The number of nitrogens with one attached hydrogen (secondary N) is 1. The number of carbonyl (C=O) groups is 3. The van der Waals surface area contributed by atoms with E-state index >= 15 is 0 Å². The number of carbonyl (C=O) groups excluding carboxylic acids is 3. The molecule has 168 valence electrons. The van der Waals surface area contributed by atoms with Crippen molar-refractivity contribution in [3.8, 4) is 0 Å². The molecule has 0 bridgehead atoms. The predicted octanol–water partition coefficient (Wildman–Crippen LogP) is 2.61. The molecule has 0 atom stereocenters. The second-order valence-electron chi connectivity index (χ2n) is 6.16. The molecule has 1 amide bonds. The fourth-order valence-corrected chi connectivity index (χ4v) is 4.68. The van der Waals surface area contributed by atoms with E-state index in [4.69, 9.17) is 18.5 Å². The van der Waals surface area contributed by atoms with Gasteiger partial charge in [0.05, 0.1) is 32.6 Å². The van der Waals surface area contributed by atoms with Crippen LogP contribution >= 0.6 is 7.60 Å². The van der Waals surface area contributed by atoms with Gasteiger partial charge in [0, 0.05) is 6.42 Å². The lowest BCUT2D eigenvalue weighted by atomic mass is 9.88. The van der Waals surface area contributed by atoms with Gasteiger partial charge in [-0.1, -0.05) is 24.3 Å². The Morgan fingerprint density at radius 1 is 0.933 bits per heavy atom. The number of hydrogen-bond acceptors (Lipinski definition) is 8. The van der Waals surface area contributed by atoms with Crippen molar-refractivity contribution in [2.75, 3.05) is 26.4 Å². The molecule has 0 aliphatic carbocycles. The summed E-state index contributed by atoms with van der Waals surface area (Å²) in [5.74, 6) is -1.88. The Balaban J connectivity index is 3.43. The van der Waals surface area contributed by atoms with Gasteiger partial charge in [-0.3, -0.25) is 9.36 Å². The van der Waals surface area contributed by atoms with Crippen molar-refractivity contribution in [2.45, 2.75) is 45.8 Å². The van der Waals surface area contributed by atoms with Crippen LogP contribution in [0.25, 0.3) is 0 Å². The van der Waals surface area contributed by atoms with Crippen molar-refractivity contribution in [2.24, 2.45) is 0 Å². The van der Waals surface area contributed by atoms with Gasteiger partial charge in [0.1, 0.15) is 0 Å². The molecule has 1 rings (SSSR count). The highest BCUT2D eigenvalue weighted by Gasteiger charge is 2.49. The first-order valence-electron chi connectivity index (χ1n) is 9.83. The summed E-state index contributed by atoms with van der Waals surface area (Å²) in [6, 6.07) is 6.79. The summed E-state index contributed by atoms with van der Waals surface area (Å²) >= 11 is 0. The maximum absolute atomic E-state index is 13.0. The molecule has 0 aliphatic heterocycles. The molecule has 1 N–H and O–H groups in total. The van der Waals surface area contributed by atoms with Crippen LogP contribution < -0.4 is 5.32 Å². The first kappa shape index (κ1) is 25.8. The smallest absolute Gasteiger partial charge is 0.344 e. The molecule has 0 aliphatic rings. The van der Waals surface area contributed by atoms with E-state index in [1.54, 1.807) is 52.0 Å². The summed E-state index contributed by atoms with van der Waals surface area (Å²) in [6.07, 6.45) is -0.0623. The van der Waals surface area contributed by atoms with Crippen molar-refractivity contribution in [3.05, 3.63) is 35.4 Å². The van der Waals surface area contributed by atoms with Crippen molar-refractivity contribution in [1.82, 2.24) is 5.32 Å². The lowest BCUT2D eigenvalue weighted by Crippen LogP contribution is -2.61. The highest BCUT2D eigenvalue weighted by atomic mass is 31.2. The number of esters is 2. The van der Waals surface area contributed by atoms with Crippen LogP contribution in [0.15, 0.2) is 24.3 Å². The van der Waals surface area contributed by atoms with Crippen molar-refractivity contribution < 1.29 is 37.5 Å². The van der Waals surface area contributed by atoms with Crippen molar-refractivity contribution in [3.63, 3.8) is 0 Å². The first-order chi connectivity index (χ1) is 14.3. The molecule has 9 nitrogen and oxygen atoms in total. The standard InChI is InChI=1S/C20H30NO8P/c1-5-26-18(23)20(21-15-22,19(24)27-6-2)13-16-11-9-10-12-17(16)14-30(25,28-7-3)29-8-4/h9-12,15H,5-8,13-14H2,1-4H3,(H,21,22). The van der Waals surface area contributed by atoms with Gasteiger partial charge in [-0.05, 0) is 38.8 Å². The summed E-state index contributed by atoms with van der Waals surface area (Å²) < 4.78 is 33.8. The topological polar surface area (TPSA) is 117 Å². The van der Waals surface area contributed by atoms with E-state index in [-0.39, 0.29) is 45.4 Å². The van der Waals surface area contributed by atoms with Crippen LogP contribution in [0, 0.1) is 0 Å². The highest BCUT2D eigenvalue weighted by Crippen LogP contribution is 2.51. The number of ether oxygens (including phenoxy) is 2. The quantitative estimate of drug-likeness (QED) is 0.202. The Labute approximate surface area is 176 Å². The third kappa shape index (κ3) is 6.65. The van der Waals surface area contributed by atoms with Crippen LogP contribution in [0.4, 0.5) is 0 Å². The highest BCUT2D eigenvalue weighted by molar-refractivity contribution is 7.53. The van der Waals surface area contributed by atoms with Gasteiger partial charge in [-0.15, -0.1) is 0 Å². The molecule has 0 heterocycles. The lowest BCUT2D eigenvalue weighted by Gasteiger charge is -2.29. The van der Waals surface area contributed by atoms with Crippen LogP contribution in [-0.2, 0) is 50.1 Å². The van der Waals surface area contributed by atoms with E-state index in [0.29, 0.717) is 11.1 Å². The minimum Gasteiger partial charge on any atom is -0.464 e. The molecule has 0 spiro atoms. The molecule has 30 heavy (non-hydrogen) atoms. The molecule has 10 heteroatoms. The molecular formula is C20H30NO8P. The van der Waals surface area contributed by atoms with Gasteiger partial charge >= 0.3 is 19.5 Å². The summed E-state index contributed by atoms with van der Waals surface area (Å²) in [5.41, 5.74) is -1.04. The number of rotatable bonds is 14. The van der Waals surface area contributed by atoms with Gasteiger partial charge in [0.2, 0.25) is 11.9 Å². The maximum Gasteiger partial charge on any atom is 0.344 e. The first-order valence-corrected chi connectivity index (χ1v) is 11.6. The SMILES string of the molecule is CCOC(=O)C(Cc1ccccc1CP(=O)(OCC)OCC)(NC=O)C(=O)OCC. The molecule has 0 aromatic heterocycles. The zero-order valence-corrected chi connectivity index (χ0v) is 18.7. The predicted molar refractivity (Wildman–Crippen MR) is 110 cm³/mol. The van der Waals surface area contributed by atoms with Gasteiger partial charge in [0.15, 0.2) is 0 Å². The summed E-state index contributed by atoms with van der Waals surface area (Å²) in [7, 11) is -3.44. The molecule has 1 aromatic rings. The van der Waals surface area contributed by atoms with Gasteiger partial charge in [-0.25, -0.2) is 9.59 Å². The van der Waals surface area contributed by atoms with E-state index in [1.165, 1.54) is 0 Å². The molecule has 0 fully saturated rings. The third-order valence-corrected chi connectivity index (χ3v) is 6.17. The molecule has 1 aromatic carbocycles. The Morgan fingerprint density at radius 3 is 1.87 bits per heavy atom. The van der Waals surface area contributed by atoms with Crippen LogP contribution in [0.2, 0.25) is 0 Å². The van der Waals surface area contributed by atoms with E-state index in [9.17, 15) is 18.9 Å². The molecule has 0 saturated carbocycles. The largest absolute Gasteiger partial charge is 0.464 e. The second kappa shape index (κ2) is 12.5. The third-order valence-electron chi connectivity index (χ3n) is 4.14. The van der Waals surface area contributed by atoms with Gasteiger partial charge < -0.3 is 23.8 Å². The van der Waals surface area contributed by atoms with Crippen LogP contribution in [-0.4, -0.2) is 50.3 Å². The lowest BCUT2D eigenvalue weighted by molar-refractivity contribution is -0.167. The number of hydrogen-bond donors (Lipinski definition) is 1. The molecule has 0 saturated heterocycles. The summed E-state index contributed by atoms with van der Waals surface area (Å²) in [6.45, 7) is 6.99. The Bertz CT molecular complexity index is 739. The van der Waals surface area contributed by atoms with Gasteiger partial charge in [0.25, 0.3) is 0 Å². The summed E-state index contributed by atoms with van der Waals surface area (Å²) in [5, 5.41) is 2.29. The monoisotopic (exact) mass is 443 g/mol. The van der Waals surface area contributed by atoms with E-state index in [0.717, 1.165) is 0 Å². The number of amides is 1. The Hall–Kier alpha value is -2.22. The molecular weight excluding hydrogens is 413 g/mol. The molecule has 0 unspecified atom stereocenters. The van der Waals surface area contributed by atoms with Crippen molar-refractivity contribution in [1.29, 1.82) is 0 Å².